The van der Waals surface area contributed by atoms with E-state index < -0.39 is 6.10 Å². The third kappa shape index (κ3) is 3.23. The van der Waals surface area contributed by atoms with Crippen molar-refractivity contribution in [3.63, 3.8) is 0 Å². The first-order valence-electron chi connectivity index (χ1n) is 4.91. The molecule has 1 saturated heterocycles. The topological polar surface area (TPSA) is 63.9 Å². The van der Waals surface area contributed by atoms with Crippen LogP contribution in [0.3, 0.4) is 0 Å². The fourth-order valence-corrected chi connectivity index (χ4v) is 1.84. The Morgan fingerprint density at radius 2 is 2.08 bits per heavy atom. The Bertz CT molecular complexity index is 143. The number of hydrogen-bond donors (Lipinski definition) is 3. The lowest BCUT2D eigenvalue weighted by Crippen LogP contribution is -2.46. The van der Waals surface area contributed by atoms with Crippen LogP contribution in [-0.2, 0) is 0 Å². The predicted octanol–water partition coefficient (Wildman–Crippen LogP) is -0.814. The van der Waals surface area contributed by atoms with Gasteiger partial charge in [-0.05, 0) is 19.4 Å². The molecule has 0 amide bonds. The van der Waals surface area contributed by atoms with Crippen molar-refractivity contribution >= 4 is 0 Å². The third-order valence-corrected chi connectivity index (χ3v) is 2.62. The second kappa shape index (κ2) is 5.54. The third-order valence-electron chi connectivity index (χ3n) is 2.62. The lowest BCUT2D eigenvalue weighted by atomic mass is 10.0. The molecule has 13 heavy (non-hydrogen) atoms. The minimum absolute atomic E-state index is 0.151. The van der Waals surface area contributed by atoms with E-state index in [1.807, 2.05) is 0 Å². The summed E-state index contributed by atoms with van der Waals surface area (Å²) in [5, 5.41) is 27.0. The van der Waals surface area contributed by atoms with Crippen LogP contribution in [0.4, 0.5) is 0 Å². The van der Waals surface area contributed by atoms with Crippen LogP contribution < -0.4 is 0 Å². The molecule has 0 aromatic rings. The number of piperidine rings is 1. The minimum Gasteiger partial charge on any atom is -0.395 e. The first kappa shape index (κ1) is 10.9. The summed E-state index contributed by atoms with van der Waals surface area (Å²) >= 11 is 0. The zero-order valence-corrected chi connectivity index (χ0v) is 7.89. The lowest BCUT2D eigenvalue weighted by Gasteiger charge is -2.35. The zero-order chi connectivity index (χ0) is 9.68. The van der Waals surface area contributed by atoms with E-state index in [1.54, 1.807) is 0 Å². The number of nitrogens with zero attached hydrogens (tertiary/aromatic N) is 1. The van der Waals surface area contributed by atoms with Gasteiger partial charge in [0.15, 0.2) is 0 Å². The molecule has 0 bridgehead atoms. The second-order valence-corrected chi connectivity index (χ2v) is 3.66. The van der Waals surface area contributed by atoms with Crippen molar-refractivity contribution in [3.8, 4) is 0 Å². The molecule has 1 heterocycles. The molecule has 1 aliphatic heterocycles. The maximum absolute atomic E-state index is 9.25. The average molecular weight is 189 g/mol. The predicted molar refractivity (Wildman–Crippen MR) is 49.4 cm³/mol. The fourth-order valence-electron chi connectivity index (χ4n) is 1.84. The van der Waals surface area contributed by atoms with Crippen molar-refractivity contribution in [1.82, 2.24) is 4.90 Å². The Morgan fingerprint density at radius 3 is 2.69 bits per heavy atom. The van der Waals surface area contributed by atoms with Crippen LogP contribution in [0.25, 0.3) is 0 Å². The highest BCUT2D eigenvalue weighted by molar-refractivity contribution is 4.77. The first-order chi connectivity index (χ1) is 6.27. The molecule has 0 spiro atoms. The lowest BCUT2D eigenvalue weighted by molar-refractivity contribution is 0.0183. The van der Waals surface area contributed by atoms with Crippen molar-refractivity contribution < 1.29 is 15.3 Å². The van der Waals surface area contributed by atoms with Gasteiger partial charge >= 0.3 is 0 Å². The Labute approximate surface area is 78.8 Å². The molecule has 4 heteroatoms. The quantitative estimate of drug-likeness (QED) is 0.541. The standard InChI is InChI=1S/C9H19NO3/c11-6-8-3-1-2-4-10(8)5-9(13)7-12/h8-9,11-13H,1-7H2. The van der Waals surface area contributed by atoms with Gasteiger partial charge in [0.2, 0.25) is 0 Å². The van der Waals surface area contributed by atoms with E-state index in [9.17, 15) is 5.11 Å². The minimum atomic E-state index is -0.674. The summed E-state index contributed by atoms with van der Waals surface area (Å²) in [5.41, 5.74) is 0. The van der Waals surface area contributed by atoms with Gasteiger partial charge in [-0.2, -0.15) is 0 Å². The van der Waals surface area contributed by atoms with Gasteiger partial charge in [0.05, 0.1) is 19.3 Å². The van der Waals surface area contributed by atoms with Gasteiger partial charge in [-0.25, -0.2) is 0 Å². The molecule has 0 aliphatic carbocycles. The van der Waals surface area contributed by atoms with Crippen LogP contribution >= 0.6 is 0 Å². The Morgan fingerprint density at radius 1 is 1.31 bits per heavy atom. The first-order valence-corrected chi connectivity index (χ1v) is 4.91. The number of hydrogen-bond acceptors (Lipinski definition) is 4. The van der Waals surface area contributed by atoms with Crippen molar-refractivity contribution in [2.45, 2.75) is 31.4 Å². The maximum Gasteiger partial charge on any atom is 0.0897 e. The van der Waals surface area contributed by atoms with Crippen LogP contribution in [0.1, 0.15) is 19.3 Å². The maximum atomic E-state index is 9.25. The second-order valence-electron chi connectivity index (χ2n) is 3.66. The molecular formula is C9H19NO3. The summed E-state index contributed by atoms with van der Waals surface area (Å²) in [6, 6.07) is 0.176. The average Bonchev–Trinajstić information content (AvgIpc) is 2.18. The summed E-state index contributed by atoms with van der Waals surface area (Å²) in [6.45, 7) is 1.34. The highest BCUT2D eigenvalue weighted by Crippen LogP contribution is 2.16. The van der Waals surface area contributed by atoms with Crippen LogP contribution in [0.2, 0.25) is 0 Å². The number of β-amino-alcohol motifs (C(OH)–C–C–N with tert-alkyl or cyclic N) is 1. The molecule has 0 saturated carbocycles. The number of aliphatic hydroxyl groups excluding tert-OH is 3. The Balaban J connectivity index is 2.35. The number of aliphatic hydroxyl groups is 3. The van der Waals surface area contributed by atoms with Gasteiger partial charge in [-0.3, -0.25) is 4.90 Å². The van der Waals surface area contributed by atoms with Crippen LogP contribution in [-0.4, -0.2) is 58.7 Å². The van der Waals surface area contributed by atoms with Crippen molar-refractivity contribution in [3.05, 3.63) is 0 Å². The van der Waals surface area contributed by atoms with Gasteiger partial charge in [-0.15, -0.1) is 0 Å². The van der Waals surface area contributed by atoms with Gasteiger partial charge in [0.1, 0.15) is 0 Å². The van der Waals surface area contributed by atoms with Crippen molar-refractivity contribution in [2.75, 3.05) is 26.3 Å². The van der Waals surface area contributed by atoms with Crippen molar-refractivity contribution in [2.24, 2.45) is 0 Å². The number of likely N-dealkylation sites (tertiary alicyclic amines) is 1. The van der Waals surface area contributed by atoms with Crippen LogP contribution in [0, 0.1) is 0 Å². The van der Waals surface area contributed by atoms with E-state index in [2.05, 4.69) is 4.90 Å². The number of rotatable bonds is 4. The highest BCUT2D eigenvalue weighted by atomic mass is 16.3. The van der Waals surface area contributed by atoms with Gasteiger partial charge in [0, 0.05) is 12.6 Å². The van der Waals surface area contributed by atoms with Crippen LogP contribution in [0.15, 0.2) is 0 Å². The molecule has 2 unspecified atom stereocenters. The molecular weight excluding hydrogens is 170 g/mol. The van der Waals surface area contributed by atoms with E-state index in [1.165, 1.54) is 0 Å². The summed E-state index contributed by atoms with van der Waals surface area (Å²) < 4.78 is 0. The van der Waals surface area contributed by atoms with Crippen molar-refractivity contribution in [1.29, 1.82) is 0 Å². The molecule has 0 aromatic heterocycles. The van der Waals surface area contributed by atoms with E-state index in [-0.39, 0.29) is 19.3 Å². The van der Waals surface area contributed by atoms with E-state index in [0.29, 0.717) is 6.54 Å². The summed E-state index contributed by atoms with van der Waals surface area (Å²) in [5.74, 6) is 0. The molecule has 0 aromatic carbocycles. The normalized spacial score (nSPS) is 27.5. The molecule has 1 fully saturated rings. The summed E-state index contributed by atoms with van der Waals surface area (Å²) in [4.78, 5) is 2.06. The SMILES string of the molecule is OCC(O)CN1CCCCC1CO. The zero-order valence-electron chi connectivity index (χ0n) is 7.89. The molecule has 78 valence electrons. The highest BCUT2D eigenvalue weighted by Gasteiger charge is 2.22. The van der Waals surface area contributed by atoms with E-state index >= 15 is 0 Å². The Hall–Kier alpha value is -0.160. The molecule has 1 aliphatic rings. The van der Waals surface area contributed by atoms with E-state index in [4.69, 9.17) is 10.2 Å². The Kier molecular flexibility index (Phi) is 4.66. The van der Waals surface area contributed by atoms with Crippen LogP contribution in [0.5, 0.6) is 0 Å². The van der Waals surface area contributed by atoms with Gasteiger partial charge < -0.3 is 15.3 Å². The monoisotopic (exact) mass is 189 g/mol. The summed E-state index contributed by atoms with van der Waals surface area (Å²) in [6.07, 6.45) is 2.59. The molecule has 1 rings (SSSR count). The largest absolute Gasteiger partial charge is 0.395 e. The molecule has 0 radical (unpaired) electrons. The molecule has 2 atom stereocenters. The molecule has 3 N–H and O–H groups in total. The van der Waals surface area contributed by atoms with E-state index in [0.717, 1.165) is 25.8 Å². The summed E-state index contributed by atoms with van der Waals surface area (Å²) in [7, 11) is 0. The molecule has 4 nitrogen and oxygen atoms in total. The fraction of sp³-hybridized carbons (Fsp3) is 1.00. The smallest absolute Gasteiger partial charge is 0.0897 e. The van der Waals surface area contributed by atoms with Gasteiger partial charge in [-0.1, -0.05) is 6.42 Å². The van der Waals surface area contributed by atoms with Gasteiger partial charge in [0.25, 0.3) is 0 Å².